The Hall–Kier alpha value is -2.02. The maximum absolute atomic E-state index is 11.0. The summed E-state index contributed by atoms with van der Waals surface area (Å²) in [5, 5.41) is 0. The molecule has 1 aromatic rings. The van der Waals surface area contributed by atoms with E-state index in [9.17, 15) is 9.59 Å². The molecule has 17 heavy (non-hydrogen) atoms. The number of aldehydes is 1. The Bertz CT molecular complexity index is 466. The number of esters is 1. The number of carbonyl (C=O) groups is 2. The number of hydrogen-bond donors (Lipinski definition) is 1. The Kier molecular flexibility index (Phi) is 4.53. The standard InChI is InChI=1S/C13H15NO3/c1-4-11-10(6-5-7-13(16)17-3)9(2)12(8-15)14-11/h1,8,14H,5-7H2,2-3H3. The van der Waals surface area contributed by atoms with Crippen LogP contribution in [0.1, 0.15) is 40.2 Å². The molecule has 0 unspecified atom stereocenters. The van der Waals surface area contributed by atoms with E-state index in [-0.39, 0.29) is 5.97 Å². The molecule has 0 saturated carbocycles. The number of aromatic amines is 1. The number of aromatic nitrogens is 1. The highest BCUT2D eigenvalue weighted by molar-refractivity contribution is 5.76. The van der Waals surface area contributed by atoms with Crippen molar-refractivity contribution in [1.29, 1.82) is 0 Å². The maximum Gasteiger partial charge on any atom is 0.305 e. The van der Waals surface area contributed by atoms with Crippen molar-refractivity contribution in [3.63, 3.8) is 0 Å². The van der Waals surface area contributed by atoms with Gasteiger partial charge in [0.05, 0.1) is 18.5 Å². The summed E-state index contributed by atoms with van der Waals surface area (Å²) in [6.07, 6.45) is 7.76. The lowest BCUT2D eigenvalue weighted by molar-refractivity contribution is -0.140. The summed E-state index contributed by atoms with van der Waals surface area (Å²) < 4.78 is 4.56. The fourth-order valence-corrected chi connectivity index (χ4v) is 1.72. The molecule has 0 spiro atoms. The average Bonchev–Trinajstić information content (AvgIpc) is 2.65. The first kappa shape index (κ1) is 13.0. The first-order chi connectivity index (χ1) is 8.13. The summed E-state index contributed by atoms with van der Waals surface area (Å²) in [5.74, 6) is 2.27. The SMILES string of the molecule is C#Cc1[nH]c(C=O)c(C)c1CCCC(=O)OC. The number of terminal acetylenes is 1. The average molecular weight is 233 g/mol. The number of H-pyrrole nitrogens is 1. The molecule has 0 amide bonds. The van der Waals surface area contributed by atoms with Crippen molar-refractivity contribution in [2.45, 2.75) is 26.2 Å². The summed E-state index contributed by atoms with van der Waals surface area (Å²) in [5.41, 5.74) is 2.91. The van der Waals surface area contributed by atoms with Gasteiger partial charge < -0.3 is 9.72 Å². The van der Waals surface area contributed by atoms with Crippen molar-refractivity contribution in [3.05, 3.63) is 22.5 Å². The third-order valence-corrected chi connectivity index (χ3v) is 2.72. The van der Waals surface area contributed by atoms with Crippen molar-refractivity contribution < 1.29 is 14.3 Å². The van der Waals surface area contributed by atoms with Crippen molar-refractivity contribution in [3.8, 4) is 12.3 Å². The zero-order chi connectivity index (χ0) is 12.8. The van der Waals surface area contributed by atoms with E-state index in [1.807, 2.05) is 6.92 Å². The lowest BCUT2D eigenvalue weighted by Crippen LogP contribution is -2.01. The van der Waals surface area contributed by atoms with Crippen LogP contribution in [-0.4, -0.2) is 24.3 Å². The van der Waals surface area contributed by atoms with E-state index in [2.05, 4.69) is 15.6 Å². The second-order valence-electron chi connectivity index (χ2n) is 3.71. The van der Waals surface area contributed by atoms with Crippen LogP contribution in [0.3, 0.4) is 0 Å². The quantitative estimate of drug-likeness (QED) is 0.477. The summed E-state index contributed by atoms with van der Waals surface area (Å²) in [7, 11) is 1.36. The minimum Gasteiger partial charge on any atom is -0.469 e. The summed E-state index contributed by atoms with van der Waals surface area (Å²) in [6.45, 7) is 1.84. The molecule has 0 atom stereocenters. The molecule has 0 saturated heterocycles. The van der Waals surface area contributed by atoms with Gasteiger partial charge in [0.15, 0.2) is 6.29 Å². The lowest BCUT2D eigenvalue weighted by Gasteiger charge is -2.01. The van der Waals surface area contributed by atoms with Crippen LogP contribution < -0.4 is 0 Å². The molecule has 90 valence electrons. The number of hydrogen-bond acceptors (Lipinski definition) is 3. The van der Waals surface area contributed by atoms with Crippen molar-refractivity contribution in [1.82, 2.24) is 4.98 Å². The molecule has 0 aliphatic carbocycles. The van der Waals surface area contributed by atoms with E-state index >= 15 is 0 Å². The van der Waals surface area contributed by atoms with Gasteiger partial charge in [0.1, 0.15) is 0 Å². The molecule has 0 radical (unpaired) electrons. The topological polar surface area (TPSA) is 59.2 Å². The molecule has 1 aromatic heterocycles. The third-order valence-electron chi connectivity index (χ3n) is 2.72. The van der Waals surface area contributed by atoms with Gasteiger partial charge in [0.25, 0.3) is 0 Å². The van der Waals surface area contributed by atoms with Gasteiger partial charge >= 0.3 is 5.97 Å². The van der Waals surface area contributed by atoms with Crippen molar-refractivity contribution >= 4 is 12.3 Å². The highest BCUT2D eigenvalue weighted by atomic mass is 16.5. The van der Waals surface area contributed by atoms with Gasteiger partial charge in [0, 0.05) is 6.42 Å². The van der Waals surface area contributed by atoms with E-state index in [0.717, 1.165) is 17.4 Å². The predicted molar refractivity (Wildman–Crippen MR) is 63.8 cm³/mol. The van der Waals surface area contributed by atoms with Gasteiger partial charge in [0.2, 0.25) is 0 Å². The minimum atomic E-state index is -0.240. The zero-order valence-corrected chi connectivity index (χ0v) is 10.0. The largest absolute Gasteiger partial charge is 0.469 e. The molecule has 0 fully saturated rings. The Morgan fingerprint density at radius 1 is 1.59 bits per heavy atom. The molecular weight excluding hydrogens is 218 g/mol. The highest BCUT2D eigenvalue weighted by Gasteiger charge is 2.12. The summed E-state index contributed by atoms with van der Waals surface area (Å²) in [4.78, 5) is 24.6. The normalized spacial score (nSPS) is 9.71. The number of carbonyl (C=O) groups excluding carboxylic acids is 2. The van der Waals surface area contributed by atoms with E-state index in [0.29, 0.717) is 30.7 Å². The number of methoxy groups -OCH3 is 1. The first-order valence-corrected chi connectivity index (χ1v) is 5.34. The molecule has 4 nitrogen and oxygen atoms in total. The molecule has 0 aromatic carbocycles. The van der Waals surface area contributed by atoms with Crippen LogP contribution in [0.15, 0.2) is 0 Å². The van der Waals surface area contributed by atoms with Crippen LogP contribution >= 0.6 is 0 Å². The van der Waals surface area contributed by atoms with Gasteiger partial charge in [-0.2, -0.15) is 0 Å². The van der Waals surface area contributed by atoms with Gasteiger partial charge in [-0.1, -0.05) is 5.92 Å². The van der Waals surface area contributed by atoms with Crippen LogP contribution in [0.5, 0.6) is 0 Å². The second kappa shape index (κ2) is 5.90. The molecule has 0 bridgehead atoms. The molecule has 1 rings (SSSR count). The molecule has 1 N–H and O–H groups in total. The second-order valence-corrected chi connectivity index (χ2v) is 3.71. The Morgan fingerprint density at radius 3 is 2.82 bits per heavy atom. The zero-order valence-electron chi connectivity index (χ0n) is 10.0. The predicted octanol–water partition coefficient (Wildman–Crippen LogP) is 1.61. The molecular formula is C13H15NO3. The molecule has 0 aliphatic heterocycles. The Balaban J connectivity index is 2.77. The van der Waals surface area contributed by atoms with Gasteiger partial charge in [-0.15, -0.1) is 6.42 Å². The molecule has 1 heterocycles. The maximum atomic E-state index is 11.0. The van der Waals surface area contributed by atoms with E-state index < -0.39 is 0 Å². The van der Waals surface area contributed by atoms with Gasteiger partial charge in [-0.05, 0) is 30.9 Å². The fraction of sp³-hybridized carbons (Fsp3) is 0.385. The number of rotatable bonds is 5. The van der Waals surface area contributed by atoms with E-state index in [1.165, 1.54) is 7.11 Å². The first-order valence-electron chi connectivity index (χ1n) is 5.34. The Morgan fingerprint density at radius 2 is 2.29 bits per heavy atom. The van der Waals surface area contributed by atoms with Crippen LogP contribution in [0.25, 0.3) is 0 Å². The van der Waals surface area contributed by atoms with Crippen molar-refractivity contribution in [2.75, 3.05) is 7.11 Å². The summed E-state index contributed by atoms with van der Waals surface area (Å²) in [6, 6.07) is 0. The van der Waals surface area contributed by atoms with Crippen LogP contribution in [0, 0.1) is 19.3 Å². The fourth-order valence-electron chi connectivity index (χ4n) is 1.72. The smallest absolute Gasteiger partial charge is 0.305 e. The van der Waals surface area contributed by atoms with Crippen LogP contribution in [-0.2, 0) is 16.0 Å². The Labute approximate surface area is 100 Å². The van der Waals surface area contributed by atoms with Crippen LogP contribution in [0.4, 0.5) is 0 Å². The number of nitrogens with one attached hydrogen (secondary N) is 1. The van der Waals surface area contributed by atoms with Gasteiger partial charge in [-0.3, -0.25) is 9.59 Å². The highest BCUT2D eigenvalue weighted by Crippen LogP contribution is 2.19. The third kappa shape index (κ3) is 2.97. The van der Waals surface area contributed by atoms with E-state index in [4.69, 9.17) is 6.42 Å². The van der Waals surface area contributed by atoms with Crippen molar-refractivity contribution in [2.24, 2.45) is 0 Å². The summed E-state index contributed by atoms with van der Waals surface area (Å²) >= 11 is 0. The van der Waals surface area contributed by atoms with Crippen LogP contribution in [0.2, 0.25) is 0 Å². The monoisotopic (exact) mass is 233 g/mol. The minimum absolute atomic E-state index is 0.240. The number of ether oxygens (including phenoxy) is 1. The molecule has 0 aliphatic rings. The van der Waals surface area contributed by atoms with E-state index in [1.54, 1.807) is 0 Å². The lowest BCUT2D eigenvalue weighted by atomic mass is 10.0. The molecule has 4 heteroatoms. The van der Waals surface area contributed by atoms with Gasteiger partial charge in [-0.25, -0.2) is 0 Å².